The summed E-state index contributed by atoms with van der Waals surface area (Å²) in [7, 11) is 6.27. The zero-order chi connectivity index (χ0) is 18.9. The van der Waals surface area contributed by atoms with Crippen LogP contribution in [0.15, 0.2) is 48.5 Å². The number of fused-ring (bicyclic) bond motifs is 1. The van der Waals surface area contributed by atoms with Crippen LogP contribution in [0.4, 0.5) is 5.69 Å². The second kappa shape index (κ2) is 6.96. The maximum absolute atomic E-state index is 12.3. The molecule has 0 unspecified atom stereocenters. The topological polar surface area (TPSA) is 42.1 Å². The van der Waals surface area contributed by atoms with Crippen LogP contribution in [0.25, 0.3) is 10.9 Å². The number of carbonyl (C=O) groups is 1. The number of carbonyl (C=O) groups excluding carboxylic acids is 1. The van der Waals surface area contributed by atoms with E-state index in [0.717, 1.165) is 22.3 Å². The van der Waals surface area contributed by atoms with Crippen LogP contribution in [0, 0.1) is 0 Å². The third-order valence-corrected chi connectivity index (χ3v) is 4.60. The average Bonchev–Trinajstić information content (AvgIpc) is 3.01. The van der Waals surface area contributed by atoms with E-state index in [-0.39, 0.29) is 12.6 Å². The first-order valence-corrected chi connectivity index (χ1v) is 8.95. The molecule has 136 valence electrons. The third-order valence-electron chi connectivity index (χ3n) is 4.60. The lowest BCUT2D eigenvalue weighted by Gasteiger charge is -2.23. The van der Waals surface area contributed by atoms with Crippen molar-refractivity contribution in [2.24, 2.45) is 0 Å². The number of hydrogen-bond acceptors (Lipinski definition) is 2. The molecule has 0 aliphatic rings. The van der Waals surface area contributed by atoms with Crippen LogP contribution >= 0.6 is 0 Å². The number of nitrogens with zero attached hydrogens (tertiary/aromatic N) is 1. The summed E-state index contributed by atoms with van der Waals surface area (Å²) in [5.74, 6) is 0.185. The van der Waals surface area contributed by atoms with Gasteiger partial charge in [-0.2, -0.15) is 0 Å². The number of hydrogen-bond donors (Lipinski definition) is 1. The molecule has 1 N–H and O–H groups in total. The van der Waals surface area contributed by atoms with Crippen LogP contribution in [0.5, 0.6) is 0 Å². The summed E-state index contributed by atoms with van der Waals surface area (Å²) in [6.45, 7) is 4.60. The Kier molecular flexibility index (Phi) is 4.88. The van der Waals surface area contributed by atoms with Gasteiger partial charge in [-0.05, 0) is 53.9 Å². The smallest absolute Gasteiger partial charge is 0.338 e. The molecule has 0 radical (unpaired) electrons. The molecule has 1 heterocycles. The van der Waals surface area contributed by atoms with Crippen molar-refractivity contribution >= 4 is 22.6 Å². The number of quaternary nitrogens is 1. The lowest BCUT2D eigenvalue weighted by atomic mass is 10.0. The van der Waals surface area contributed by atoms with Crippen molar-refractivity contribution in [2.75, 3.05) is 21.1 Å². The van der Waals surface area contributed by atoms with Gasteiger partial charge in [-0.15, -0.1) is 0 Å². The molecular weight excluding hydrogens is 324 g/mol. The van der Waals surface area contributed by atoms with Crippen molar-refractivity contribution in [1.29, 1.82) is 0 Å². The fourth-order valence-electron chi connectivity index (χ4n) is 2.92. The van der Waals surface area contributed by atoms with Gasteiger partial charge in [0.1, 0.15) is 12.3 Å². The zero-order valence-electron chi connectivity index (χ0n) is 16.2. The first-order valence-electron chi connectivity index (χ1n) is 8.95. The Hall–Kier alpha value is -2.59. The van der Waals surface area contributed by atoms with Crippen LogP contribution in [0.2, 0.25) is 0 Å². The molecule has 3 rings (SSSR count). The zero-order valence-corrected chi connectivity index (χ0v) is 16.2. The molecule has 0 bridgehead atoms. The van der Waals surface area contributed by atoms with E-state index in [2.05, 4.69) is 64.2 Å². The van der Waals surface area contributed by atoms with Crippen molar-refractivity contribution in [3.8, 4) is 0 Å². The molecular formula is C22H27N2O2+. The summed E-state index contributed by atoms with van der Waals surface area (Å²) < 4.78 is 6.18. The number of aromatic nitrogens is 1. The third kappa shape index (κ3) is 3.97. The minimum Gasteiger partial charge on any atom is -0.456 e. The van der Waals surface area contributed by atoms with Crippen LogP contribution in [0.3, 0.4) is 0 Å². The summed E-state index contributed by atoms with van der Waals surface area (Å²) in [5.41, 5.74) is 4.97. The van der Waals surface area contributed by atoms with Crippen molar-refractivity contribution in [2.45, 2.75) is 26.4 Å². The second-order valence-electron chi connectivity index (χ2n) is 7.93. The highest BCUT2D eigenvalue weighted by Gasteiger charge is 2.14. The average molecular weight is 351 g/mol. The van der Waals surface area contributed by atoms with E-state index in [1.165, 1.54) is 5.56 Å². The van der Waals surface area contributed by atoms with Gasteiger partial charge in [0.25, 0.3) is 0 Å². The van der Waals surface area contributed by atoms with Gasteiger partial charge in [-0.3, -0.25) is 4.48 Å². The minimum absolute atomic E-state index is 0.238. The quantitative estimate of drug-likeness (QED) is 0.528. The summed E-state index contributed by atoms with van der Waals surface area (Å²) in [5, 5.41) is 1.15. The minimum atomic E-state index is -0.306. The van der Waals surface area contributed by atoms with Crippen molar-refractivity contribution in [3.63, 3.8) is 0 Å². The molecule has 0 atom stereocenters. The van der Waals surface area contributed by atoms with E-state index in [4.69, 9.17) is 4.74 Å². The van der Waals surface area contributed by atoms with Gasteiger partial charge in [0, 0.05) is 10.9 Å². The molecule has 0 aliphatic carbocycles. The molecule has 0 aliphatic heterocycles. The molecule has 0 spiro atoms. The summed E-state index contributed by atoms with van der Waals surface area (Å²) in [6.07, 6.45) is 0. The van der Waals surface area contributed by atoms with Gasteiger partial charge >= 0.3 is 5.97 Å². The van der Waals surface area contributed by atoms with E-state index >= 15 is 0 Å². The predicted molar refractivity (Wildman–Crippen MR) is 108 cm³/mol. The molecule has 0 fully saturated rings. The number of ether oxygens (including phenoxy) is 1. The monoisotopic (exact) mass is 351 g/mol. The molecule has 0 saturated heterocycles. The summed E-state index contributed by atoms with van der Waals surface area (Å²) in [6, 6.07) is 16.0. The Balaban J connectivity index is 1.68. The van der Waals surface area contributed by atoms with Crippen LogP contribution in [0.1, 0.15) is 41.4 Å². The Morgan fingerprint density at radius 2 is 1.73 bits per heavy atom. The number of nitrogens with one attached hydrogen (secondary N) is 1. The fourth-order valence-corrected chi connectivity index (χ4v) is 2.92. The standard InChI is InChI=1S/C22H27N2O2/c1-15(2)17-8-11-21-18(12-17)13-19(23-21)14-26-22(25)16-6-9-20(10-7-16)24(3,4)5/h6-13,15,23H,14H2,1-5H3/q+1. The number of esters is 1. The Morgan fingerprint density at radius 1 is 1.04 bits per heavy atom. The molecule has 0 saturated carbocycles. The van der Waals surface area contributed by atoms with E-state index in [1.807, 2.05) is 24.3 Å². The Bertz CT molecular complexity index is 915. The highest BCUT2D eigenvalue weighted by molar-refractivity contribution is 5.89. The first-order chi connectivity index (χ1) is 12.2. The number of benzene rings is 2. The van der Waals surface area contributed by atoms with Gasteiger partial charge in [0.15, 0.2) is 0 Å². The lowest BCUT2D eigenvalue weighted by Crippen LogP contribution is -2.34. The van der Waals surface area contributed by atoms with E-state index in [1.54, 1.807) is 0 Å². The van der Waals surface area contributed by atoms with Gasteiger partial charge in [-0.25, -0.2) is 4.79 Å². The van der Waals surface area contributed by atoms with Gasteiger partial charge in [0.05, 0.1) is 32.4 Å². The van der Waals surface area contributed by atoms with Gasteiger partial charge in [-0.1, -0.05) is 19.9 Å². The molecule has 1 aromatic heterocycles. The maximum atomic E-state index is 12.3. The van der Waals surface area contributed by atoms with Crippen molar-refractivity contribution < 1.29 is 9.53 Å². The maximum Gasteiger partial charge on any atom is 0.338 e. The molecule has 4 nitrogen and oxygen atoms in total. The largest absolute Gasteiger partial charge is 0.456 e. The molecule has 4 heteroatoms. The number of H-pyrrole nitrogens is 1. The fraction of sp³-hybridized carbons (Fsp3) is 0.318. The van der Waals surface area contributed by atoms with E-state index in [0.29, 0.717) is 16.0 Å². The van der Waals surface area contributed by atoms with E-state index < -0.39 is 0 Å². The molecule has 2 aromatic carbocycles. The second-order valence-corrected chi connectivity index (χ2v) is 7.93. The van der Waals surface area contributed by atoms with E-state index in [9.17, 15) is 4.79 Å². The number of rotatable bonds is 5. The van der Waals surface area contributed by atoms with Crippen molar-refractivity contribution in [3.05, 3.63) is 65.4 Å². The molecule has 26 heavy (non-hydrogen) atoms. The predicted octanol–water partition coefficient (Wildman–Crippen LogP) is 4.85. The molecule has 3 aromatic rings. The van der Waals surface area contributed by atoms with Crippen LogP contribution in [-0.2, 0) is 11.3 Å². The highest BCUT2D eigenvalue weighted by atomic mass is 16.5. The van der Waals surface area contributed by atoms with Crippen LogP contribution in [-0.4, -0.2) is 32.1 Å². The number of aromatic amines is 1. The lowest BCUT2D eigenvalue weighted by molar-refractivity contribution is 0.0468. The van der Waals surface area contributed by atoms with Crippen molar-refractivity contribution in [1.82, 2.24) is 9.47 Å². The molecule has 0 amide bonds. The highest BCUT2D eigenvalue weighted by Crippen LogP contribution is 2.23. The van der Waals surface area contributed by atoms with Crippen LogP contribution < -0.4 is 4.48 Å². The summed E-state index contributed by atoms with van der Waals surface area (Å²) >= 11 is 0. The van der Waals surface area contributed by atoms with Gasteiger partial charge in [0.2, 0.25) is 0 Å². The normalized spacial score (nSPS) is 11.9. The summed E-state index contributed by atoms with van der Waals surface area (Å²) in [4.78, 5) is 15.6. The first kappa shape index (κ1) is 18.2. The Morgan fingerprint density at radius 3 is 2.35 bits per heavy atom. The Labute approximate surface area is 155 Å². The van der Waals surface area contributed by atoms with Gasteiger partial charge < -0.3 is 9.72 Å². The SMILES string of the molecule is CC(C)c1ccc2[nH]c(COC(=O)c3ccc([N+](C)(C)C)cc3)cc2c1.